The molecule has 0 aliphatic carbocycles. The van der Waals surface area contributed by atoms with E-state index in [-0.39, 0.29) is 6.54 Å². The highest BCUT2D eigenvalue weighted by Gasteiger charge is 2.12. The molecule has 8 nitrogen and oxygen atoms in total. The van der Waals surface area contributed by atoms with E-state index in [2.05, 4.69) is 15.8 Å². The quantitative estimate of drug-likeness (QED) is 0.425. The van der Waals surface area contributed by atoms with Crippen LogP contribution in [0.25, 0.3) is 0 Å². The highest BCUT2D eigenvalue weighted by Crippen LogP contribution is 2.27. The first-order valence-corrected chi connectivity index (χ1v) is 8.08. The number of carbonyl (C=O) groups excluding carboxylic acids is 2. The molecule has 0 aliphatic heterocycles. The summed E-state index contributed by atoms with van der Waals surface area (Å²) in [5, 5.41) is 6.19. The van der Waals surface area contributed by atoms with Crippen molar-refractivity contribution in [1.82, 2.24) is 10.7 Å². The topological polar surface area (TPSA) is 102 Å². The second-order valence-electron chi connectivity index (χ2n) is 5.22. The van der Waals surface area contributed by atoms with Crippen LogP contribution in [0.15, 0.2) is 46.1 Å². The zero-order valence-electron chi connectivity index (χ0n) is 14.7. The fourth-order valence-electron chi connectivity index (χ4n) is 1.97. The van der Waals surface area contributed by atoms with Gasteiger partial charge in [-0.15, -0.1) is 0 Å². The molecule has 2 rings (SSSR count). The fourth-order valence-corrected chi connectivity index (χ4v) is 1.97. The van der Waals surface area contributed by atoms with Gasteiger partial charge < -0.3 is 19.2 Å². The molecule has 1 aromatic carbocycles. The van der Waals surface area contributed by atoms with Gasteiger partial charge in [0, 0.05) is 0 Å². The number of carbonyl (C=O) groups is 2. The summed E-state index contributed by atoms with van der Waals surface area (Å²) in [4.78, 5) is 23.3. The van der Waals surface area contributed by atoms with Gasteiger partial charge in [-0.3, -0.25) is 9.59 Å². The van der Waals surface area contributed by atoms with E-state index in [4.69, 9.17) is 13.9 Å². The van der Waals surface area contributed by atoms with Crippen LogP contribution in [0.3, 0.4) is 0 Å². The van der Waals surface area contributed by atoms with Gasteiger partial charge in [0.25, 0.3) is 0 Å². The van der Waals surface area contributed by atoms with Crippen LogP contribution in [-0.4, -0.2) is 31.7 Å². The number of hydrogen-bond acceptors (Lipinski definition) is 6. The summed E-state index contributed by atoms with van der Waals surface area (Å²) in [7, 11) is 1.54. The Labute approximate surface area is 151 Å². The van der Waals surface area contributed by atoms with Gasteiger partial charge in [0.2, 0.25) is 0 Å². The van der Waals surface area contributed by atoms with Gasteiger partial charge in [0.1, 0.15) is 5.76 Å². The Morgan fingerprint density at radius 2 is 2.08 bits per heavy atom. The minimum absolute atomic E-state index is 0.124. The number of hydrogen-bond donors (Lipinski definition) is 2. The smallest absolute Gasteiger partial charge is 0.329 e. The van der Waals surface area contributed by atoms with Gasteiger partial charge in [0.15, 0.2) is 11.5 Å². The molecule has 2 aromatic rings. The third kappa shape index (κ3) is 5.66. The van der Waals surface area contributed by atoms with Crippen LogP contribution in [0.5, 0.6) is 11.5 Å². The maximum absolute atomic E-state index is 11.7. The van der Waals surface area contributed by atoms with Crippen LogP contribution in [0, 0.1) is 0 Å². The van der Waals surface area contributed by atoms with Crippen molar-refractivity contribution in [3.05, 3.63) is 47.9 Å². The molecule has 0 fully saturated rings. The molecule has 2 amide bonds. The van der Waals surface area contributed by atoms with Crippen molar-refractivity contribution in [2.75, 3.05) is 13.7 Å². The van der Waals surface area contributed by atoms with Gasteiger partial charge >= 0.3 is 11.8 Å². The van der Waals surface area contributed by atoms with E-state index in [0.717, 1.165) is 6.42 Å². The van der Waals surface area contributed by atoms with Gasteiger partial charge in [-0.2, -0.15) is 5.10 Å². The molecule has 1 heterocycles. The van der Waals surface area contributed by atoms with Gasteiger partial charge in [0.05, 0.1) is 32.7 Å². The summed E-state index contributed by atoms with van der Waals surface area (Å²) in [6.07, 6.45) is 3.78. The number of nitrogens with zero attached hydrogens (tertiary/aromatic N) is 1. The Kier molecular flexibility index (Phi) is 7.23. The molecular formula is C18H21N3O5. The Morgan fingerprint density at radius 3 is 2.77 bits per heavy atom. The standard InChI is InChI=1S/C18H21N3O5/c1-3-8-26-15-7-6-13(10-16(15)24-2)11-20-21-18(23)17(22)19-12-14-5-4-9-25-14/h4-7,9-11H,3,8,12H2,1-2H3,(H,19,22)(H,21,23)/b20-11+. The maximum Gasteiger partial charge on any atom is 0.329 e. The summed E-state index contributed by atoms with van der Waals surface area (Å²) in [5.41, 5.74) is 2.85. The zero-order valence-corrected chi connectivity index (χ0v) is 14.7. The normalized spacial score (nSPS) is 10.5. The molecule has 0 atom stereocenters. The van der Waals surface area contributed by atoms with Crippen molar-refractivity contribution < 1.29 is 23.5 Å². The van der Waals surface area contributed by atoms with Crippen LogP contribution >= 0.6 is 0 Å². The van der Waals surface area contributed by atoms with E-state index in [1.165, 1.54) is 12.5 Å². The number of benzene rings is 1. The van der Waals surface area contributed by atoms with Gasteiger partial charge in [-0.05, 0) is 42.3 Å². The van der Waals surface area contributed by atoms with Gasteiger partial charge in [-0.25, -0.2) is 5.43 Å². The van der Waals surface area contributed by atoms with E-state index in [0.29, 0.717) is 29.4 Å². The van der Waals surface area contributed by atoms with E-state index >= 15 is 0 Å². The number of methoxy groups -OCH3 is 1. The first-order chi connectivity index (χ1) is 12.6. The molecule has 0 radical (unpaired) electrons. The zero-order chi connectivity index (χ0) is 18.8. The van der Waals surface area contributed by atoms with E-state index < -0.39 is 11.8 Å². The summed E-state index contributed by atoms with van der Waals surface area (Å²) in [5.74, 6) is 0.0620. The lowest BCUT2D eigenvalue weighted by molar-refractivity contribution is -0.139. The molecule has 0 saturated carbocycles. The molecule has 0 unspecified atom stereocenters. The molecular weight excluding hydrogens is 338 g/mol. The number of furan rings is 1. The molecule has 8 heteroatoms. The van der Waals surface area contributed by atoms with Crippen LogP contribution in [0.1, 0.15) is 24.7 Å². The van der Waals surface area contributed by atoms with Crippen LogP contribution in [0.2, 0.25) is 0 Å². The SMILES string of the molecule is CCCOc1ccc(/C=N/NC(=O)C(=O)NCc2ccco2)cc1OC. The van der Waals surface area contributed by atoms with Crippen LogP contribution in [-0.2, 0) is 16.1 Å². The third-order valence-corrected chi connectivity index (χ3v) is 3.24. The van der Waals surface area contributed by atoms with Crippen molar-refractivity contribution in [2.24, 2.45) is 5.10 Å². The number of ether oxygens (including phenoxy) is 2. The monoisotopic (exact) mass is 359 g/mol. The predicted octanol–water partition coefficient (Wildman–Crippen LogP) is 1.84. The molecule has 26 heavy (non-hydrogen) atoms. The maximum atomic E-state index is 11.7. The Balaban J connectivity index is 1.86. The van der Waals surface area contributed by atoms with E-state index in [1.54, 1.807) is 37.4 Å². The van der Waals surface area contributed by atoms with Crippen molar-refractivity contribution in [2.45, 2.75) is 19.9 Å². The summed E-state index contributed by atoms with van der Waals surface area (Å²) < 4.78 is 15.9. The van der Waals surface area contributed by atoms with Gasteiger partial charge in [-0.1, -0.05) is 6.92 Å². The predicted molar refractivity (Wildman–Crippen MR) is 95.1 cm³/mol. The summed E-state index contributed by atoms with van der Waals surface area (Å²) in [6.45, 7) is 2.73. The minimum Gasteiger partial charge on any atom is -0.493 e. The number of amides is 2. The first kappa shape index (κ1) is 19.0. The highest BCUT2D eigenvalue weighted by atomic mass is 16.5. The van der Waals surface area contributed by atoms with E-state index in [9.17, 15) is 9.59 Å². The molecule has 0 spiro atoms. The van der Waals surface area contributed by atoms with Crippen LogP contribution < -0.4 is 20.2 Å². The molecule has 0 bridgehead atoms. The molecule has 2 N–H and O–H groups in total. The largest absolute Gasteiger partial charge is 0.493 e. The van der Waals surface area contributed by atoms with E-state index in [1.807, 2.05) is 6.92 Å². The van der Waals surface area contributed by atoms with Crippen molar-refractivity contribution in [1.29, 1.82) is 0 Å². The Morgan fingerprint density at radius 1 is 1.23 bits per heavy atom. The summed E-state index contributed by atoms with van der Waals surface area (Å²) >= 11 is 0. The second-order valence-corrected chi connectivity index (χ2v) is 5.22. The van der Waals surface area contributed by atoms with Crippen LogP contribution in [0.4, 0.5) is 0 Å². The Bertz CT molecular complexity index is 756. The van der Waals surface area contributed by atoms with Crippen molar-refractivity contribution >= 4 is 18.0 Å². The average Bonchev–Trinajstić information content (AvgIpc) is 3.18. The lowest BCUT2D eigenvalue weighted by atomic mass is 10.2. The fraction of sp³-hybridized carbons (Fsp3) is 0.278. The molecule has 0 aliphatic rings. The lowest BCUT2D eigenvalue weighted by Crippen LogP contribution is -2.37. The first-order valence-electron chi connectivity index (χ1n) is 8.08. The molecule has 0 saturated heterocycles. The average molecular weight is 359 g/mol. The van der Waals surface area contributed by atoms with Crippen molar-refractivity contribution in [3.8, 4) is 11.5 Å². The number of hydrazone groups is 1. The third-order valence-electron chi connectivity index (χ3n) is 3.24. The lowest BCUT2D eigenvalue weighted by Gasteiger charge is -2.10. The second kappa shape index (κ2) is 9.87. The number of rotatable bonds is 8. The molecule has 1 aromatic heterocycles. The minimum atomic E-state index is -0.873. The highest BCUT2D eigenvalue weighted by molar-refractivity contribution is 6.35. The number of nitrogens with one attached hydrogen (secondary N) is 2. The molecule has 138 valence electrons. The Hall–Kier alpha value is -3.29. The van der Waals surface area contributed by atoms with Crippen molar-refractivity contribution in [3.63, 3.8) is 0 Å². The summed E-state index contributed by atoms with van der Waals surface area (Å²) in [6, 6.07) is 8.63.